The number of hydrogen-bond acceptors (Lipinski definition) is 4. The van der Waals surface area contributed by atoms with Gasteiger partial charge in [-0.1, -0.05) is 23.2 Å². The Morgan fingerprint density at radius 3 is 2.75 bits per heavy atom. The minimum atomic E-state index is -0.894. The summed E-state index contributed by atoms with van der Waals surface area (Å²) in [5, 5.41) is 13.6. The van der Waals surface area contributed by atoms with E-state index < -0.39 is 17.6 Å². The highest BCUT2D eigenvalue weighted by molar-refractivity contribution is 6.34. The monoisotopic (exact) mass is 320 g/mol. The van der Waals surface area contributed by atoms with E-state index in [0.717, 1.165) is 0 Å². The molecule has 0 aliphatic rings. The van der Waals surface area contributed by atoms with Gasteiger partial charge in [0.2, 0.25) is 5.91 Å². The van der Waals surface area contributed by atoms with E-state index in [1.807, 2.05) is 0 Å². The van der Waals surface area contributed by atoms with Crippen LogP contribution in [0.1, 0.15) is 13.8 Å². The lowest BCUT2D eigenvalue weighted by atomic mass is 10.1. The Morgan fingerprint density at radius 1 is 1.50 bits per heavy atom. The molecule has 1 aromatic rings. The van der Waals surface area contributed by atoms with Crippen molar-refractivity contribution in [1.29, 1.82) is 0 Å². The van der Waals surface area contributed by atoms with Gasteiger partial charge in [0, 0.05) is 17.6 Å². The van der Waals surface area contributed by atoms with Gasteiger partial charge in [-0.15, -0.1) is 0 Å². The van der Waals surface area contributed by atoms with Crippen molar-refractivity contribution in [3.8, 4) is 5.75 Å². The molecule has 0 aliphatic heterocycles. The van der Waals surface area contributed by atoms with E-state index in [-0.39, 0.29) is 13.2 Å². The third-order valence-electron chi connectivity index (χ3n) is 2.72. The average molecular weight is 321 g/mol. The number of benzene rings is 1. The fourth-order valence-electron chi connectivity index (χ4n) is 1.29. The van der Waals surface area contributed by atoms with Gasteiger partial charge >= 0.3 is 0 Å². The molecule has 0 fully saturated rings. The fraction of sp³-hybridized carbons (Fsp3) is 0.462. The number of ether oxygens (including phenoxy) is 1. The summed E-state index contributed by atoms with van der Waals surface area (Å²) in [5.41, 5.74) is 4.32. The van der Waals surface area contributed by atoms with Crippen molar-refractivity contribution in [3.05, 3.63) is 28.2 Å². The van der Waals surface area contributed by atoms with Gasteiger partial charge in [0.05, 0.1) is 10.6 Å². The number of aliphatic hydroxyl groups is 1. The molecule has 0 radical (unpaired) electrons. The van der Waals surface area contributed by atoms with Gasteiger partial charge in [-0.05, 0) is 26.0 Å². The lowest BCUT2D eigenvalue weighted by Gasteiger charge is -2.24. The minimum Gasteiger partial charge on any atom is -0.489 e. The number of β-amino-alcohol motifs (C(OH)–C–C–N with tert-alkyl or cyclic N) is 1. The summed E-state index contributed by atoms with van der Waals surface area (Å²) in [6.45, 7) is 3.45. The van der Waals surface area contributed by atoms with E-state index in [2.05, 4.69) is 5.32 Å². The molecule has 5 nitrogen and oxygen atoms in total. The molecule has 0 heterocycles. The van der Waals surface area contributed by atoms with Crippen LogP contribution in [0.3, 0.4) is 0 Å². The average Bonchev–Trinajstić information content (AvgIpc) is 2.37. The van der Waals surface area contributed by atoms with Gasteiger partial charge in [-0.25, -0.2) is 0 Å². The summed E-state index contributed by atoms with van der Waals surface area (Å²) >= 11 is 11.8. The van der Waals surface area contributed by atoms with Crippen LogP contribution in [0.25, 0.3) is 0 Å². The summed E-state index contributed by atoms with van der Waals surface area (Å²) in [7, 11) is 0. The first kappa shape index (κ1) is 17.0. The van der Waals surface area contributed by atoms with Crippen molar-refractivity contribution in [1.82, 2.24) is 5.32 Å². The molecule has 1 aromatic carbocycles. The molecule has 1 unspecified atom stereocenters. The van der Waals surface area contributed by atoms with Crippen LogP contribution >= 0.6 is 23.2 Å². The van der Waals surface area contributed by atoms with Crippen molar-refractivity contribution < 1.29 is 14.6 Å². The summed E-state index contributed by atoms with van der Waals surface area (Å²) in [5.74, 6) is -0.101. The molecule has 0 saturated heterocycles. The molecule has 0 aromatic heterocycles. The van der Waals surface area contributed by atoms with Crippen LogP contribution < -0.4 is 15.8 Å². The number of amides is 1. The summed E-state index contributed by atoms with van der Waals surface area (Å²) in [6.07, 6.45) is -0.816. The first-order valence-electron chi connectivity index (χ1n) is 6.03. The van der Waals surface area contributed by atoms with Crippen LogP contribution in [0.4, 0.5) is 0 Å². The first-order chi connectivity index (χ1) is 9.22. The summed E-state index contributed by atoms with van der Waals surface area (Å²) < 4.78 is 5.38. The largest absolute Gasteiger partial charge is 0.489 e. The van der Waals surface area contributed by atoms with Crippen molar-refractivity contribution in [2.45, 2.75) is 25.5 Å². The van der Waals surface area contributed by atoms with Gasteiger partial charge in [-0.2, -0.15) is 0 Å². The van der Waals surface area contributed by atoms with Crippen LogP contribution in [0.2, 0.25) is 10.0 Å². The molecule has 112 valence electrons. The number of halogens is 2. The van der Waals surface area contributed by atoms with E-state index in [9.17, 15) is 9.90 Å². The Kier molecular flexibility index (Phi) is 6.07. The molecular formula is C13H18Cl2N2O3. The normalized spacial score (nSPS) is 13.1. The molecule has 20 heavy (non-hydrogen) atoms. The molecule has 4 N–H and O–H groups in total. The zero-order valence-corrected chi connectivity index (χ0v) is 12.8. The highest BCUT2D eigenvalue weighted by atomic mass is 35.5. The van der Waals surface area contributed by atoms with Crippen LogP contribution in [0.15, 0.2) is 18.2 Å². The standard InChI is InChI=1S/C13H18Cl2N2O3/c1-13(2,12(16)19)17-6-9(18)7-20-11-5-8(14)3-4-10(11)15/h3-5,9,17-18H,6-7H2,1-2H3,(H2,16,19). The molecule has 1 atom stereocenters. The van der Waals surface area contributed by atoms with Gasteiger partial charge in [-0.3, -0.25) is 4.79 Å². The third kappa shape index (κ3) is 5.17. The van der Waals surface area contributed by atoms with E-state index in [1.54, 1.807) is 32.0 Å². The fourth-order valence-corrected chi connectivity index (χ4v) is 1.63. The molecule has 0 spiro atoms. The zero-order valence-electron chi connectivity index (χ0n) is 11.3. The quantitative estimate of drug-likeness (QED) is 0.712. The van der Waals surface area contributed by atoms with E-state index >= 15 is 0 Å². The summed E-state index contributed by atoms with van der Waals surface area (Å²) in [4.78, 5) is 11.1. The Labute approximate surface area is 128 Å². The zero-order chi connectivity index (χ0) is 15.3. The van der Waals surface area contributed by atoms with Crippen molar-refractivity contribution in [3.63, 3.8) is 0 Å². The molecule has 1 rings (SSSR count). The van der Waals surface area contributed by atoms with Gasteiger partial charge in [0.25, 0.3) is 0 Å². The number of aliphatic hydroxyl groups excluding tert-OH is 1. The number of nitrogens with two attached hydrogens (primary N) is 1. The van der Waals surface area contributed by atoms with Gasteiger partial charge < -0.3 is 20.9 Å². The van der Waals surface area contributed by atoms with Crippen LogP contribution in [0, 0.1) is 0 Å². The van der Waals surface area contributed by atoms with Crippen LogP contribution in [0.5, 0.6) is 5.75 Å². The molecule has 7 heteroatoms. The van der Waals surface area contributed by atoms with Crippen LogP contribution in [-0.4, -0.2) is 35.8 Å². The Bertz CT molecular complexity index is 481. The maximum atomic E-state index is 11.1. The van der Waals surface area contributed by atoms with E-state index in [0.29, 0.717) is 15.8 Å². The third-order valence-corrected chi connectivity index (χ3v) is 3.27. The highest BCUT2D eigenvalue weighted by Crippen LogP contribution is 2.27. The van der Waals surface area contributed by atoms with Gasteiger partial charge in [0.15, 0.2) is 0 Å². The maximum Gasteiger partial charge on any atom is 0.237 e. The number of carbonyl (C=O) groups is 1. The Morgan fingerprint density at radius 2 is 2.15 bits per heavy atom. The smallest absolute Gasteiger partial charge is 0.237 e. The van der Waals surface area contributed by atoms with E-state index in [4.69, 9.17) is 33.7 Å². The number of primary amides is 1. The molecule has 0 saturated carbocycles. The minimum absolute atomic E-state index is 0.0158. The second-order valence-electron chi connectivity index (χ2n) is 4.91. The van der Waals surface area contributed by atoms with Crippen molar-refractivity contribution >= 4 is 29.1 Å². The molecular weight excluding hydrogens is 303 g/mol. The van der Waals surface area contributed by atoms with E-state index in [1.165, 1.54) is 0 Å². The van der Waals surface area contributed by atoms with Crippen molar-refractivity contribution in [2.24, 2.45) is 5.73 Å². The predicted octanol–water partition coefficient (Wildman–Crippen LogP) is 1.59. The number of hydrogen-bond donors (Lipinski definition) is 3. The summed E-state index contributed by atoms with van der Waals surface area (Å²) in [6, 6.07) is 4.82. The molecule has 1 amide bonds. The Hall–Kier alpha value is -1.01. The highest BCUT2D eigenvalue weighted by Gasteiger charge is 2.24. The van der Waals surface area contributed by atoms with Crippen molar-refractivity contribution in [2.75, 3.05) is 13.2 Å². The maximum absolute atomic E-state index is 11.1. The Balaban J connectivity index is 2.46. The second kappa shape index (κ2) is 7.13. The lowest BCUT2D eigenvalue weighted by molar-refractivity contribution is -0.123. The molecule has 0 bridgehead atoms. The second-order valence-corrected chi connectivity index (χ2v) is 5.75. The predicted molar refractivity (Wildman–Crippen MR) is 79.2 cm³/mol. The number of carbonyl (C=O) groups excluding carboxylic acids is 1. The lowest BCUT2D eigenvalue weighted by Crippen LogP contribution is -2.53. The topological polar surface area (TPSA) is 84.6 Å². The van der Waals surface area contributed by atoms with Gasteiger partial charge in [0.1, 0.15) is 18.5 Å². The number of rotatable bonds is 7. The number of nitrogens with one attached hydrogen (secondary N) is 1. The first-order valence-corrected chi connectivity index (χ1v) is 6.79. The molecule has 0 aliphatic carbocycles. The SMILES string of the molecule is CC(C)(NCC(O)COc1cc(Cl)ccc1Cl)C(N)=O. The van der Waals surface area contributed by atoms with Crippen LogP contribution in [-0.2, 0) is 4.79 Å².